The van der Waals surface area contributed by atoms with Crippen molar-refractivity contribution in [1.82, 2.24) is 5.32 Å². The fourth-order valence-electron chi connectivity index (χ4n) is 4.93. The number of hydrazone groups is 1. The number of amides is 1. The fourth-order valence-corrected chi connectivity index (χ4v) is 4.93. The molecular weight excluding hydrogens is 414 g/mol. The van der Waals surface area contributed by atoms with Gasteiger partial charge in [0.1, 0.15) is 5.71 Å². The van der Waals surface area contributed by atoms with E-state index in [-0.39, 0.29) is 29.9 Å². The molecular formula is C27H33N3O3. The third-order valence-corrected chi connectivity index (χ3v) is 6.59. The first-order valence-electron chi connectivity index (χ1n) is 11.9. The van der Waals surface area contributed by atoms with Gasteiger partial charge in [-0.1, -0.05) is 54.4 Å². The molecule has 2 aromatic carbocycles. The Morgan fingerprint density at radius 1 is 1.12 bits per heavy atom. The Labute approximate surface area is 196 Å². The maximum absolute atomic E-state index is 13.2. The average molecular weight is 448 g/mol. The van der Waals surface area contributed by atoms with E-state index in [1.807, 2.05) is 30.1 Å². The molecule has 0 radical (unpaired) electrons. The summed E-state index contributed by atoms with van der Waals surface area (Å²) in [6, 6.07) is 16.4. The van der Waals surface area contributed by atoms with Crippen LogP contribution in [0.2, 0.25) is 0 Å². The summed E-state index contributed by atoms with van der Waals surface area (Å²) in [5.41, 5.74) is 5.00. The summed E-state index contributed by atoms with van der Waals surface area (Å²) in [4.78, 5) is 25.4. The molecule has 1 amide bonds. The number of anilines is 1. The summed E-state index contributed by atoms with van der Waals surface area (Å²) < 4.78 is 5.20. The Morgan fingerprint density at radius 3 is 2.64 bits per heavy atom. The van der Waals surface area contributed by atoms with Crippen molar-refractivity contribution in [3.8, 4) is 0 Å². The van der Waals surface area contributed by atoms with Crippen molar-refractivity contribution in [1.29, 1.82) is 0 Å². The lowest BCUT2D eigenvalue weighted by Crippen LogP contribution is -2.43. The zero-order chi connectivity index (χ0) is 23.4. The first-order chi connectivity index (χ1) is 16.0. The van der Waals surface area contributed by atoms with Crippen molar-refractivity contribution in [2.75, 3.05) is 11.6 Å². The van der Waals surface area contributed by atoms with Crippen LogP contribution in [0, 0.1) is 19.8 Å². The molecule has 3 atom stereocenters. The summed E-state index contributed by atoms with van der Waals surface area (Å²) in [7, 11) is 0. The van der Waals surface area contributed by atoms with Gasteiger partial charge in [-0.25, -0.2) is 0 Å². The predicted octanol–water partition coefficient (Wildman–Crippen LogP) is 4.85. The fraction of sp³-hybridized carbons (Fsp3) is 0.444. The van der Waals surface area contributed by atoms with Gasteiger partial charge in [-0.05, 0) is 57.2 Å². The normalized spacial score (nSPS) is 22.6. The van der Waals surface area contributed by atoms with Gasteiger partial charge in [0, 0.05) is 12.5 Å². The molecule has 6 heteroatoms. The van der Waals surface area contributed by atoms with E-state index in [0.29, 0.717) is 25.2 Å². The van der Waals surface area contributed by atoms with Crippen LogP contribution in [0.3, 0.4) is 0 Å². The number of carbonyl (C=O) groups excluding carboxylic acids is 2. The van der Waals surface area contributed by atoms with E-state index < -0.39 is 0 Å². The van der Waals surface area contributed by atoms with Crippen molar-refractivity contribution in [2.45, 2.75) is 65.0 Å². The van der Waals surface area contributed by atoms with E-state index in [9.17, 15) is 9.59 Å². The number of aryl methyl sites for hydroxylation is 2. The number of hydrogen-bond donors (Lipinski definition) is 1. The van der Waals surface area contributed by atoms with Gasteiger partial charge >= 0.3 is 5.97 Å². The van der Waals surface area contributed by atoms with Crippen molar-refractivity contribution >= 4 is 23.3 Å². The highest BCUT2D eigenvalue weighted by atomic mass is 16.5. The lowest BCUT2D eigenvalue weighted by Gasteiger charge is -2.28. The Balaban J connectivity index is 1.53. The molecule has 33 heavy (non-hydrogen) atoms. The second kappa shape index (κ2) is 10.2. The van der Waals surface area contributed by atoms with Crippen LogP contribution in [0.15, 0.2) is 53.6 Å². The minimum atomic E-state index is -0.153. The molecule has 1 aliphatic carbocycles. The van der Waals surface area contributed by atoms with Crippen LogP contribution in [-0.4, -0.2) is 30.2 Å². The molecule has 0 aromatic heterocycles. The standard InChI is InChI=1S/C27H33N3O3/c1-4-33-27(32)21-11-8-12-22(16-21)28-26(31)23-17-25(20-9-6-5-7-10-20)30(29-23)24-14-13-18(2)15-19(24)3/h5-7,9-10,13-15,21-22,25H,4,8,11-12,16-17H2,1-3H3,(H,28,31). The molecule has 0 spiro atoms. The van der Waals surface area contributed by atoms with Crippen LogP contribution in [0.4, 0.5) is 5.69 Å². The van der Waals surface area contributed by atoms with Crippen molar-refractivity contribution < 1.29 is 14.3 Å². The molecule has 3 unspecified atom stereocenters. The zero-order valence-electron chi connectivity index (χ0n) is 19.7. The van der Waals surface area contributed by atoms with Gasteiger partial charge in [0.05, 0.1) is 24.3 Å². The molecule has 2 aromatic rings. The van der Waals surface area contributed by atoms with E-state index in [4.69, 9.17) is 9.84 Å². The van der Waals surface area contributed by atoms with Gasteiger partial charge in [0.2, 0.25) is 0 Å². The van der Waals surface area contributed by atoms with E-state index in [1.54, 1.807) is 0 Å². The predicted molar refractivity (Wildman–Crippen MR) is 130 cm³/mol. The van der Waals surface area contributed by atoms with Crippen LogP contribution in [-0.2, 0) is 14.3 Å². The summed E-state index contributed by atoms with van der Waals surface area (Å²) in [6.45, 7) is 6.36. The minimum absolute atomic E-state index is 0.0336. The number of benzene rings is 2. The SMILES string of the molecule is CCOC(=O)C1CCCC(NC(=O)C2=NN(c3ccc(C)cc3C)C(c3ccccc3)C2)C1. The summed E-state index contributed by atoms with van der Waals surface area (Å²) in [6.07, 6.45) is 3.76. The number of hydrogen-bond acceptors (Lipinski definition) is 5. The second-order valence-electron chi connectivity index (χ2n) is 9.10. The highest BCUT2D eigenvalue weighted by Gasteiger charge is 2.35. The van der Waals surface area contributed by atoms with E-state index in [0.717, 1.165) is 36.1 Å². The molecule has 0 bridgehead atoms. The molecule has 4 rings (SSSR count). The third kappa shape index (κ3) is 5.27. The molecule has 0 saturated heterocycles. The Hall–Kier alpha value is -3.15. The molecule has 6 nitrogen and oxygen atoms in total. The molecule has 1 N–H and O–H groups in total. The molecule has 1 aliphatic heterocycles. The molecule has 1 heterocycles. The maximum Gasteiger partial charge on any atom is 0.308 e. The van der Waals surface area contributed by atoms with Crippen molar-refractivity contribution in [3.63, 3.8) is 0 Å². The molecule has 1 fully saturated rings. The largest absolute Gasteiger partial charge is 0.466 e. The van der Waals surface area contributed by atoms with Gasteiger partial charge in [-0.2, -0.15) is 5.10 Å². The minimum Gasteiger partial charge on any atom is -0.466 e. The van der Waals surface area contributed by atoms with Crippen LogP contribution in [0.25, 0.3) is 0 Å². The molecule has 174 valence electrons. The first kappa shape index (κ1) is 23.0. The third-order valence-electron chi connectivity index (χ3n) is 6.59. The Bertz CT molecular complexity index is 1030. The lowest BCUT2D eigenvalue weighted by molar-refractivity contribution is -0.149. The molecule has 2 aliphatic rings. The van der Waals surface area contributed by atoms with Gasteiger partial charge in [-0.15, -0.1) is 0 Å². The van der Waals surface area contributed by atoms with Crippen LogP contribution < -0.4 is 10.3 Å². The monoisotopic (exact) mass is 447 g/mol. The highest BCUT2D eigenvalue weighted by Crippen LogP contribution is 2.37. The summed E-state index contributed by atoms with van der Waals surface area (Å²) in [5.74, 6) is -0.434. The van der Waals surface area contributed by atoms with Crippen LogP contribution in [0.1, 0.15) is 61.8 Å². The zero-order valence-corrected chi connectivity index (χ0v) is 19.7. The average Bonchev–Trinajstić information content (AvgIpc) is 3.25. The number of ether oxygens (including phenoxy) is 1. The summed E-state index contributed by atoms with van der Waals surface area (Å²) in [5, 5.41) is 9.94. The van der Waals surface area contributed by atoms with E-state index in [2.05, 4.69) is 49.5 Å². The number of rotatable bonds is 6. The van der Waals surface area contributed by atoms with Crippen LogP contribution in [0.5, 0.6) is 0 Å². The number of esters is 1. The van der Waals surface area contributed by atoms with E-state index >= 15 is 0 Å². The number of nitrogens with zero attached hydrogens (tertiary/aromatic N) is 2. The van der Waals surface area contributed by atoms with Gasteiger partial charge < -0.3 is 10.1 Å². The Morgan fingerprint density at radius 2 is 1.91 bits per heavy atom. The lowest BCUT2D eigenvalue weighted by atomic mass is 9.85. The van der Waals surface area contributed by atoms with Gasteiger partial charge in [0.25, 0.3) is 5.91 Å². The quantitative estimate of drug-likeness (QED) is 0.643. The van der Waals surface area contributed by atoms with E-state index in [1.165, 1.54) is 5.56 Å². The van der Waals surface area contributed by atoms with Gasteiger partial charge in [0.15, 0.2) is 0 Å². The van der Waals surface area contributed by atoms with Crippen LogP contribution >= 0.6 is 0 Å². The van der Waals surface area contributed by atoms with Crippen molar-refractivity contribution in [3.05, 3.63) is 65.2 Å². The van der Waals surface area contributed by atoms with Gasteiger partial charge in [-0.3, -0.25) is 14.6 Å². The number of carbonyl (C=O) groups is 2. The molecule has 1 saturated carbocycles. The number of nitrogens with one attached hydrogen (secondary N) is 1. The Kier molecular flexibility index (Phi) is 7.11. The maximum atomic E-state index is 13.2. The second-order valence-corrected chi connectivity index (χ2v) is 9.10. The summed E-state index contributed by atoms with van der Waals surface area (Å²) >= 11 is 0. The topological polar surface area (TPSA) is 71.0 Å². The van der Waals surface area contributed by atoms with Crippen molar-refractivity contribution in [2.24, 2.45) is 11.0 Å². The smallest absolute Gasteiger partial charge is 0.308 e. The first-order valence-corrected chi connectivity index (χ1v) is 11.9. The highest BCUT2D eigenvalue weighted by molar-refractivity contribution is 6.39.